The fraction of sp³-hybridized carbons (Fsp3) is 0.632. The number of rotatable bonds is 4. The second kappa shape index (κ2) is 6.04. The molecule has 0 bridgehead atoms. The largest absolute Gasteiger partial charge is 0.352 e. The summed E-state index contributed by atoms with van der Waals surface area (Å²) in [6, 6.07) is 11.0. The third kappa shape index (κ3) is 3.52. The molecular formula is C19H28N2O. The predicted molar refractivity (Wildman–Crippen MR) is 89.3 cm³/mol. The van der Waals surface area contributed by atoms with Crippen LogP contribution in [0.3, 0.4) is 0 Å². The van der Waals surface area contributed by atoms with E-state index in [1.807, 2.05) is 0 Å². The highest BCUT2D eigenvalue weighted by atomic mass is 16.2. The minimum Gasteiger partial charge on any atom is -0.352 e. The third-order valence-electron chi connectivity index (χ3n) is 5.32. The van der Waals surface area contributed by atoms with E-state index in [2.05, 4.69) is 61.3 Å². The molecule has 1 aliphatic carbocycles. The number of amides is 1. The van der Waals surface area contributed by atoms with Crippen LogP contribution in [0.25, 0.3) is 0 Å². The van der Waals surface area contributed by atoms with Crippen LogP contribution in [-0.2, 0) is 11.3 Å². The first-order valence-corrected chi connectivity index (χ1v) is 8.52. The van der Waals surface area contributed by atoms with Crippen molar-refractivity contribution in [3.63, 3.8) is 0 Å². The number of nitrogens with one attached hydrogen (secondary N) is 1. The lowest BCUT2D eigenvalue weighted by Gasteiger charge is -2.44. The van der Waals surface area contributed by atoms with Crippen LogP contribution in [0.4, 0.5) is 0 Å². The maximum Gasteiger partial charge on any atom is 0.223 e. The molecule has 2 fully saturated rings. The first-order chi connectivity index (χ1) is 10.5. The molecule has 3 heteroatoms. The summed E-state index contributed by atoms with van der Waals surface area (Å²) in [6.07, 6.45) is 2.12. The molecule has 0 aromatic heterocycles. The van der Waals surface area contributed by atoms with Crippen LogP contribution in [0.15, 0.2) is 30.3 Å². The van der Waals surface area contributed by atoms with Gasteiger partial charge in [0.05, 0.1) is 0 Å². The molecule has 3 atom stereocenters. The Morgan fingerprint density at radius 1 is 1.32 bits per heavy atom. The van der Waals surface area contributed by atoms with E-state index in [9.17, 15) is 4.79 Å². The summed E-state index contributed by atoms with van der Waals surface area (Å²) in [6.45, 7) is 9.83. The van der Waals surface area contributed by atoms with Gasteiger partial charge in [-0.1, -0.05) is 51.1 Å². The van der Waals surface area contributed by atoms with Gasteiger partial charge < -0.3 is 5.32 Å². The van der Waals surface area contributed by atoms with E-state index in [-0.39, 0.29) is 17.2 Å². The predicted octanol–water partition coefficient (Wildman–Crippen LogP) is 3.06. The van der Waals surface area contributed by atoms with Crippen LogP contribution in [0, 0.1) is 17.3 Å². The quantitative estimate of drug-likeness (QED) is 0.927. The zero-order valence-electron chi connectivity index (χ0n) is 14.0. The van der Waals surface area contributed by atoms with Crippen LogP contribution in [0.1, 0.15) is 39.2 Å². The highest BCUT2D eigenvalue weighted by Crippen LogP contribution is 2.39. The molecule has 0 spiro atoms. The van der Waals surface area contributed by atoms with Gasteiger partial charge in [-0.25, -0.2) is 0 Å². The molecule has 1 unspecified atom stereocenters. The number of piperidine rings is 1. The molecule has 22 heavy (non-hydrogen) atoms. The summed E-state index contributed by atoms with van der Waals surface area (Å²) < 4.78 is 0. The van der Waals surface area contributed by atoms with Crippen molar-refractivity contribution < 1.29 is 4.79 Å². The van der Waals surface area contributed by atoms with Crippen molar-refractivity contribution in [3.8, 4) is 0 Å². The lowest BCUT2D eigenvalue weighted by Crippen LogP contribution is -2.55. The van der Waals surface area contributed by atoms with Crippen molar-refractivity contribution in [2.45, 2.75) is 46.2 Å². The van der Waals surface area contributed by atoms with E-state index in [4.69, 9.17) is 0 Å². The van der Waals surface area contributed by atoms with Crippen molar-refractivity contribution in [2.24, 2.45) is 17.3 Å². The van der Waals surface area contributed by atoms with E-state index in [1.54, 1.807) is 0 Å². The Hall–Kier alpha value is -1.35. The number of hydrogen-bond donors (Lipinski definition) is 1. The summed E-state index contributed by atoms with van der Waals surface area (Å²) in [5.74, 6) is 1.14. The summed E-state index contributed by atoms with van der Waals surface area (Å²) in [4.78, 5) is 14.7. The van der Waals surface area contributed by atoms with E-state index in [1.165, 1.54) is 5.56 Å². The number of carbonyl (C=O) groups excluding carboxylic acids is 1. The summed E-state index contributed by atoms with van der Waals surface area (Å²) in [5.41, 5.74) is 1.49. The van der Waals surface area contributed by atoms with Crippen LogP contribution in [0.5, 0.6) is 0 Å². The second-order valence-corrected chi connectivity index (χ2v) is 7.85. The fourth-order valence-corrected chi connectivity index (χ4v) is 3.68. The Kier molecular flexibility index (Phi) is 4.26. The normalized spacial score (nSPS) is 30.8. The summed E-state index contributed by atoms with van der Waals surface area (Å²) in [5, 5.41) is 3.32. The van der Waals surface area contributed by atoms with Crippen molar-refractivity contribution in [1.82, 2.24) is 10.2 Å². The second-order valence-electron chi connectivity index (χ2n) is 7.85. The maximum atomic E-state index is 12.2. The van der Waals surface area contributed by atoms with Gasteiger partial charge >= 0.3 is 0 Å². The molecule has 0 radical (unpaired) electrons. The van der Waals surface area contributed by atoms with Gasteiger partial charge in [-0.15, -0.1) is 0 Å². The van der Waals surface area contributed by atoms with Gasteiger partial charge in [0.15, 0.2) is 0 Å². The molecule has 1 saturated carbocycles. The first kappa shape index (κ1) is 15.5. The van der Waals surface area contributed by atoms with E-state index in [0.29, 0.717) is 12.0 Å². The number of nitrogens with zero attached hydrogens (tertiary/aromatic N) is 1. The molecule has 2 aliphatic rings. The highest BCUT2D eigenvalue weighted by Gasteiger charge is 2.43. The number of carbonyl (C=O) groups is 1. The zero-order valence-corrected chi connectivity index (χ0v) is 14.0. The smallest absolute Gasteiger partial charge is 0.223 e. The molecule has 1 aromatic rings. The number of likely N-dealkylation sites (tertiary alicyclic amines) is 1. The minimum absolute atomic E-state index is 0.126. The molecule has 1 aromatic carbocycles. The Balaban J connectivity index is 1.56. The molecule has 120 valence electrons. The van der Waals surface area contributed by atoms with Gasteiger partial charge in [-0.2, -0.15) is 0 Å². The Labute approximate surface area is 134 Å². The summed E-state index contributed by atoms with van der Waals surface area (Å²) in [7, 11) is 0. The van der Waals surface area contributed by atoms with E-state index >= 15 is 0 Å². The monoisotopic (exact) mass is 300 g/mol. The molecule has 3 nitrogen and oxygen atoms in total. The number of benzene rings is 1. The van der Waals surface area contributed by atoms with Gasteiger partial charge in [-0.3, -0.25) is 9.69 Å². The van der Waals surface area contributed by atoms with Crippen molar-refractivity contribution >= 4 is 5.91 Å². The van der Waals surface area contributed by atoms with Crippen molar-refractivity contribution in [1.29, 1.82) is 0 Å². The van der Waals surface area contributed by atoms with E-state index < -0.39 is 0 Å². The standard InChI is InChI=1S/C19H28N2O/c1-14-11-16(14)18(22)20-17-9-10-21(13-19(17,2)3)12-15-7-5-4-6-8-15/h4-8,14,16-17H,9-13H2,1-3H3,(H,20,22)/t14-,16-,17?/m0/s1. The average molecular weight is 300 g/mol. The third-order valence-corrected chi connectivity index (χ3v) is 5.32. The average Bonchev–Trinajstić information content (AvgIpc) is 3.19. The molecular weight excluding hydrogens is 272 g/mol. The van der Waals surface area contributed by atoms with Crippen molar-refractivity contribution in [2.75, 3.05) is 13.1 Å². The van der Waals surface area contributed by atoms with Crippen LogP contribution in [0.2, 0.25) is 0 Å². The Bertz CT molecular complexity index is 525. The van der Waals surface area contributed by atoms with E-state index in [0.717, 1.165) is 32.5 Å². The Morgan fingerprint density at radius 3 is 2.59 bits per heavy atom. The lowest BCUT2D eigenvalue weighted by molar-refractivity contribution is -0.124. The van der Waals surface area contributed by atoms with Crippen LogP contribution >= 0.6 is 0 Å². The lowest BCUT2D eigenvalue weighted by atomic mass is 9.79. The zero-order chi connectivity index (χ0) is 15.7. The molecule has 1 amide bonds. The molecule has 1 N–H and O–H groups in total. The van der Waals surface area contributed by atoms with Crippen LogP contribution < -0.4 is 5.32 Å². The van der Waals surface area contributed by atoms with Crippen LogP contribution in [-0.4, -0.2) is 29.9 Å². The highest BCUT2D eigenvalue weighted by molar-refractivity contribution is 5.81. The topological polar surface area (TPSA) is 32.3 Å². The SMILES string of the molecule is C[C@H]1C[C@@H]1C(=O)NC1CCN(Cc2ccccc2)CC1(C)C. The molecule has 1 heterocycles. The maximum absolute atomic E-state index is 12.2. The molecule has 3 rings (SSSR count). The Morgan fingerprint density at radius 2 is 2.00 bits per heavy atom. The molecule has 1 aliphatic heterocycles. The summed E-state index contributed by atoms with van der Waals surface area (Å²) >= 11 is 0. The first-order valence-electron chi connectivity index (χ1n) is 8.52. The molecule has 1 saturated heterocycles. The number of hydrogen-bond acceptors (Lipinski definition) is 2. The fourth-order valence-electron chi connectivity index (χ4n) is 3.68. The van der Waals surface area contributed by atoms with Gasteiger partial charge in [0.2, 0.25) is 5.91 Å². The van der Waals surface area contributed by atoms with Gasteiger partial charge in [0, 0.05) is 31.6 Å². The van der Waals surface area contributed by atoms with Gasteiger partial charge in [0.1, 0.15) is 0 Å². The van der Waals surface area contributed by atoms with Crippen molar-refractivity contribution in [3.05, 3.63) is 35.9 Å². The van der Waals surface area contributed by atoms with Gasteiger partial charge in [-0.05, 0) is 29.7 Å². The van der Waals surface area contributed by atoms with Gasteiger partial charge in [0.25, 0.3) is 0 Å². The minimum atomic E-state index is 0.126.